The summed E-state index contributed by atoms with van der Waals surface area (Å²) in [6.45, 7) is 3.21. The summed E-state index contributed by atoms with van der Waals surface area (Å²) in [7, 11) is -3.75. The van der Waals surface area contributed by atoms with Crippen molar-refractivity contribution in [3.05, 3.63) is 18.2 Å². The van der Waals surface area contributed by atoms with Crippen molar-refractivity contribution >= 4 is 21.4 Å². The van der Waals surface area contributed by atoms with Gasteiger partial charge in [-0.15, -0.1) is 0 Å². The molecule has 2 atom stereocenters. The molecule has 1 aliphatic carbocycles. The molecule has 118 valence electrons. The van der Waals surface area contributed by atoms with Gasteiger partial charge in [0.05, 0.1) is 5.69 Å². The molecule has 0 spiro atoms. The third-order valence-electron chi connectivity index (χ3n) is 4.24. The molecule has 0 aromatic heterocycles. The van der Waals surface area contributed by atoms with Crippen molar-refractivity contribution in [2.75, 3.05) is 17.6 Å². The molecule has 0 bridgehead atoms. The van der Waals surface area contributed by atoms with Crippen LogP contribution >= 0.6 is 0 Å². The molecule has 0 amide bonds. The summed E-state index contributed by atoms with van der Waals surface area (Å²) in [6, 6.07) is 4.79. The average Bonchev–Trinajstić information content (AvgIpc) is 2.37. The SMILES string of the molecule is CC1CCCC(CCNc2ccc(S(N)(=O)=O)c(N)c2)C1. The van der Waals surface area contributed by atoms with E-state index in [9.17, 15) is 8.42 Å². The summed E-state index contributed by atoms with van der Waals surface area (Å²) in [5.74, 6) is 1.63. The topological polar surface area (TPSA) is 98.2 Å². The molecule has 0 radical (unpaired) electrons. The fourth-order valence-electron chi connectivity index (χ4n) is 3.16. The van der Waals surface area contributed by atoms with Gasteiger partial charge in [0.1, 0.15) is 4.90 Å². The fraction of sp³-hybridized carbons (Fsp3) is 0.600. The summed E-state index contributed by atoms with van der Waals surface area (Å²) in [5, 5.41) is 8.40. The number of benzene rings is 1. The highest BCUT2D eigenvalue weighted by Gasteiger charge is 2.18. The molecule has 1 saturated carbocycles. The van der Waals surface area contributed by atoms with Gasteiger partial charge in [0.25, 0.3) is 0 Å². The molecule has 2 unspecified atom stereocenters. The molecular weight excluding hydrogens is 286 g/mol. The first-order valence-electron chi connectivity index (χ1n) is 7.52. The van der Waals surface area contributed by atoms with E-state index in [1.54, 1.807) is 12.1 Å². The molecule has 1 fully saturated rings. The quantitative estimate of drug-likeness (QED) is 0.728. The van der Waals surface area contributed by atoms with Crippen molar-refractivity contribution in [3.63, 3.8) is 0 Å². The van der Waals surface area contributed by atoms with E-state index in [4.69, 9.17) is 10.9 Å². The van der Waals surface area contributed by atoms with Crippen LogP contribution in [0.3, 0.4) is 0 Å². The van der Waals surface area contributed by atoms with Gasteiger partial charge in [-0.1, -0.05) is 26.2 Å². The molecule has 6 heteroatoms. The molecule has 1 aromatic carbocycles. The number of hydrogen-bond acceptors (Lipinski definition) is 4. The number of nitrogens with two attached hydrogens (primary N) is 2. The fourth-order valence-corrected chi connectivity index (χ4v) is 3.81. The Morgan fingerprint density at radius 3 is 2.71 bits per heavy atom. The maximum atomic E-state index is 11.3. The van der Waals surface area contributed by atoms with Gasteiger partial charge in [0.2, 0.25) is 10.0 Å². The summed E-state index contributed by atoms with van der Waals surface area (Å²) >= 11 is 0. The Morgan fingerprint density at radius 2 is 2.10 bits per heavy atom. The maximum absolute atomic E-state index is 11.3. The second-order valence-corrected chi connectivity index (χ2v) is 7.68. The summed E-state index contributed by atoms with van der Waals surface area (Å²) in [6.07, 6.45) is 6.46. The van der Waals surface area contributed by atoms with Gasteiger partial charge in [0, 0.05) is 12.2 Å². The molecule has 0 saturated heterocycles. The van der Waals surface area contributed by atoms with Crippen LogP contribution in [-0.2, 0) is 10.0 Å². The average molecular weight is 311 g/mol. The number of nitrogen functional groups attached to an aromatic ring is 1. The van der Waals surface area contributed by atoms with Gasteiger partial charge in [-0.05, 0) is 42.9 Å². The zero-order valence-electron chi connectivity index (χ0n) is 12.5. The first-order valence-corrected chi connectivity index (χ1v) is 9.07. The van der Waals surface area contributed by atoms with E-state index in [0.717, 1.165) is 30.5 Å². The standard InChI is InChI=1S/C15H25N3O2S/c1-11-3-2-4-12(9-11)7-8-18-13-5-6-15(14(16)10-13)21(17,19)20/h5-6,10-12,18H,2-4,7-9,16H2,1H3,(H2,17,19,20). The highest BCUT2D eigenvalue weighted by molar-refractivity contribution is 7.89. The Bertz CT molecular complexity index is 587. The van der Waals surface area contributed by atoms with Crippen LogP contribution in [0.2, 0.25) is 0 Å². The molecule has 0 heterocycles. The Balaban J connectivity index is 1.88. The molecule has 2 rings (SSSR count). The summed E-state index contributed by atoms with van der Waals surface area (Å²) in [4.78, 5) is -0.0193. The third-order valence-corrected chi connectivity index (χ3v) is 5.23. The molecule has 1 aliphatic rings. The molecular formula is C15H25N3O2S. The zero-order valence-corrected chi connectivity index (χ0v) is 13.3. The second-order valence-electron chi connectivity index (χ2n) is 6.15. The minimum absolute atomic E-state index is 0.0193. The Morgan fingerprint density at radius 1 is 1.33 bits per heavy atom. The largest absolute Gasteiger partial charge is 0.398 e. The van der Waals surface area contributed by atoms with Crippen molar-refractivity contribution in [1.82, 2.24) is 0 Å². The van der Waals surface area contributed by atoms with Crippen LogP contribution in [0.4, 0.5) is 11.4 Å². The predicted octanol–water partition coefficient (Wildman–Crippen LogP) is 2.54. The van der Waals surface area contributed by atoms with Crippen molar-refractivity contribution in [2.45, 2.75) is 43.9 Å². The van der Waals surface area contributed by atoms with E-state index >= 15 is 0 Å². The van der Waals surface area contributed by atoms with Crippen LogP contribution in [0.1, 0.15) is 39.0 Å². The van der Waals surface area contributed by atoms with Crippen LogP contribution < -0.4 is 16.2 Å². The minimum Gasteiger partial charge on any atom is -0.398 e. The minimum atomic E-state index is -3.75. The lowest BCUT2D eigenvalue weighted by Crippen LogP contribution is -2.17. The first kappa shape index (κ1) is 16.1. The highest BCUT2D eigenvalue weighted by atomic mass is 32.2. The van der Waals surface area contributed by atoms with Gasteiger partial charge < -0.3 is 11.1 Å². The number of primary sulfonamides is 1. The Hall–Kier alpha value is -1.27. The Labute approximate surface area is 127 Å². The predicted molar refractivity (Wildman–Crippen MR) is 86.5 cm³/mol. The normalized spacial score (nSPS) is 23.0. The maximum Gasteiger partial charge on any atom is 0.240 e. The number of sulfonamides is 1. The number of nitrogens with one attached hydrogen (secondary N) is 1. The van der Waals surface area contributed by atoms with Gasteiger partial charge in [-0.25, -0.2) is 13.6 Å². The smallest absolute Gasteiger partial charge is 0.240 e. The summed E-state index contributed by atoms with van der Waals surface area (Å²) in [5.41, 5.74) is 6.77. The first-order chi connectivity index (χ1) is 9.86. The zero-order chi connectivity index (χ0) is 15.5. The molecule has 1 aromatic rings. The van der Waals surface area contributed by atoms with Crippen LogP contribution in [0.15, 0.2) is 23.1 Å². The van der Waals surface area contributed by atoms with Crippen molar-refractivity contribution in [1.29, 1.82) is 0 Å². The molecule has 5 nitrogen and oxygen atoms in total. The van der Waals surface area contributed by atoms with Gasteiger partial charge in [-0.2, -0.15) is 0 Å². The van der Waals surface area contributed by atoms with E-state index < -0.39 is 10.0 Å². The van der Waals surface area contributed by atoms with E-state index in [-0.39, 0.29) is 10.6 Å². The van der Waals surface area contributed by atoms with Gasteiger partial charge in [0.15, 0.2) is 0 Å². The van der Waals surface area contributed by atoms with Crippen LogP contribution in [0.5, 0.6) is 0 Å². The summed E-state index contributed by atoms with van der Waals surface area (Å²) < 4.78 is 22.6. The number of rotatable bonds is 5. The monoisotopic (exact) mass is 311 g/mol. The number of anilines is 2. The van der Waals surface area contributed by atoms with Gasteiger partial charge in [-0.3, -0.25) is 0 Å². The van der Waals surface area contributed by atoms with Crippen LogP contribution in [0.25, 0.3) is 0 Å². The molecule has 5 N–H and O–H groups in total. The van der Waals surface area contributed by atoms with Gasteiger partial charge >= 0.3 is 0 Å². The Kier molecular flexibility index (Phi) is 5.11. The lowest BCUT2D eigenvalue weighted by Gasteiger charge is -2.26. The lowest BCUT2D eigenvalue weighted by molar-refractivity contribution is 0.274. The van der Waals surface area contributed by atoms with Crippen molar-refractivity contribution in [2.24, 2.45) is 17.0 Å². The van der Waals surface area contributed by atoms with Crippen LogP contribution in [0, 0.1) is 11.8 Å². The highest BCUT2D eigenvalue weighted by Crippen LogP contribution is 2.30. The third kappa shape index (κ3) is 4.61. The molecule has 0 aliphatic heterocycles. The van der Waals surface area contributed by atoms with E-state index in [1.807, 2.05) is 0 Å². The van der Waals surface area contributed by atoms with Crippen molar-refractivity contribution < 1.29 is 8.42 Å². The number of hydrogen-bond donors (Lipinski definition) is 3. The molecule has 21 heavy (non-hydrogen) atoms. The van der Waals surface area contributed by atoms with Crippen molar-refractivity contribution in [3.8, 4) is 0 Å². The van der Waals surface area contributed by atoms with Crippen LogP contribution in [-0.4, -0.2) is 15.0 Å². The van der Waals surface area contributed by atoms with E-state index in [1.165, 1.54) is 31.7 Å². The second kappa shape index (κ2) is 6.66. The lowest BCUT2D eigenvalue weighted by atomic mass is 9.81. The van der Waals surface area contributed by atoms with E-state index in [0.29, 0.717) is 0 Å². The van der Waals surface area contributed by atoms with E-state index in [2.05, 4.69) is 12.2 Å².